The first-order valence-electron chi connectivity index (χ1n) is 14.2. The van der Waals surface area contributed by atoms with Gasteiger partial charge in [-0.1, -0.05) is 77.7 Å². The number of benzene rings is 4. The molecule has 13 heteroatoms. The van der Waals surface area contributed by atoms with Crippen LogP contribution in [0.5, 0.6) is 17.2 Å². The number of ketones is 1. The van der Waals surface area contributed by atoms with Crippen molar-refractivity contribution in [3.05, 3.63) is 112 Å². The van der Waals surface area contributed by atoms with E-state index in [0.717, 1.165) is 27.7 Å². The van der Waals surface area contributed by atoms with Gasteiger partial charge in [0.25, 0.3) is 5.91 Å². The van der Waals surface area contributed by atoms with Gasteiger partial charge in [-0.05, 0) is 62.1 Å². The molecule has 0 spiro atoms. The molecule has 0 saturated heterocycles. The molecule has 1 unspecified atom stereocenters. The van der Waals surface area contributed by atoms with E-state index >= 15 is 0 Å². The smallest absolute Gasteiger partial charge is 0.296 e. The normalized spacial score (nSPS) is 14.8. The molecule has 47 heavy (non-hydrogen) atoms. The number of methoxy groups -OCH3 is 2. The number of rotatable bonds is 9. The second kappa shape index (κ2) is 12.4. The lowest BCUT2D eigenvalue weighted by Gasteiger charge is -2.24. The maximum atomic E-state index is 14.2. The maximum Gasteiger partial charge on any atom is 0.296 e. The lowest BCUT2D eigenvalue weighted by Crippen LogP contribution is -2.31. The Labute approximate surface area is 284 Å². The van der Waals surface area contributed by atoms with Gasteiger partial charge in [-0.3, -0.25) is 14.5 Å². The minimum absolute atomic E-state index is 0.0945. The molecule has 4 aromatic carbocycles. The highest BCUT2D eigenvalue weighted by Crippen LogP contribution is 2.47. The summed E-state index contributed by atoms with van der Waals surface area (Å²) < 4.78 is 17.5. The number of furan rings is 1. The molecule has 7 rings (SSSR count). The van der Waals surface area contributed by atoms with E-state index in [2.05, 4.69) is 50.4 Å². The van der Waals surface area contributed by atoms with Crippen molar-refractivity contribution < 1.29 is 33.7 Å². The Bertz CT molecular complexity index is 2240. The molecule has 1 aliphatic rings. The molecule has 1 aliphatic heterocycles. The van der Waals surface area contributed by atoms with Crippen molar-refractivity contribution in [2.75, 3.05) is 19.1 Å². The van der Waals surface area contributed by atoms with Crippen LogP contribution < -0.4 is 14.4 Å². The Kier molecular flexibility index (Phi) is 8.12. The summed E-state index contributed by atoms with van der Waals surface area (Å²) in [6.45, 7) is 0. The second-order valence-electron chi connectivity index (χ2n) is 10.5. The van der Waals surface area contributed by atoms with Crippen LogP contribution in [-0.4, -0.2) is 46.3 Å². The Balaban J connectivity index is 1.28. The number of thioether (sulfide) groups is 1. The molecule has 3 heterocycles. The van der Waals surface area contributed by atoms with Gasteiger partial charge in [0, 0.05) is 11.1 Å². The first-order valence-corrected chi connectivity index (χ1v) is 16.8. The number of para-hydroxylation sites is 1. The van der Waals surface area contributed by atoms with Crippen LogP contribution in [0.15, 0.2) is 103 Å². The Morgan fingerprint density at radius 3 is 2.53 bits per heavy atom. The van der Waals surface area contributed by atoms with Crippen LogP contribution in [0, 0.1) is 0 Å². The number of phenols is 1. The predicted molar refractivity (Wildman–Crippen MR) is 183 cm³/mol. The van der Waals surface area contributed by atoms with Crippen LogP contribution >= 0.6 is 39.0 Å². The van der Waals surface area contributed by atoms with E-state index in [1.165, 1.54) is 43.0 Å². The number of hydrogen-bond donors (Lipinski definition) is 2. The Morgan fingerprint density at radius 2 is 1.72 bits per heavy atom. The summed E-state index contributed by atoms with van der Waals surface area (Å²) in [5, 5.41) is 33.5. The SMILES string of the molecule is COc1cc(C2C(C(=O)c3cc4cccc(OC)c4o3)=C(O)C(=O)N2c2nnc(SCc3cccc4ccccc34)s2)cc(Br)c1O. The van der Waals surface area contributed by atoms with Gasteiger partial charge < -0.3 is 24.1 Å². The summed E-state index contributed by atoms with van der Waals surface area (Å²) in [7, 11) is 2.87. The summed E-state index contributed by atoms with van der Waals surface area (Å²) in [6.07, 6.45) is 0. The van der Waals surface area contributed by atoms with Gasteiger partial charge in [-0.2, -0.15) is 0 Å². The van der Waals surface area contributed by atoms with Gasteiger partial charge >= 0.3 is 0 Å². The molecule has 2 N–H and O–H groups in total. The molecule has 0 radical (unpaired) electrons. The molecule has 2 aromatic heterocycles. The van der Waals surface area contributed by atoms with E-state index in [4.69, 9.17) is 13.9 Å². The predicted octanol–water partition coefficient (Wildman–Crippen LogP) is 8.00. The topological polar surface area (TPSA) is 135 Å². The highest BCUT2D eigenvalue weighted by Gasteiger charge is 2.47. The van der Waals surface area contributed by atoms with Gasteiger partial charge in [0.15, 0.2) is 38.7 Å². The lowest BCUT2D eigenvalue weighted by atomic mass is 9.95. The molecule has 0 fully saturated rings. The van der Waals surface area contributed by atoms with Crippen molar-refractivity contribution in [3.63, 3.8) is 0 Å². The Hall–Kier alpha value is -4.85. The largest absolute Gasteiger partial charge is 0.503 e. The minimum Gasteiger partial charge on any atom is -0.503 e. The number of ether oxygens (including phenoxy) is 2. The monoisotopic (exact) mass is 729 g/mol. The van der Waals surface area contributed by atoms with E-state index in [1.807, 2.05) is 18.2 Å². The molecule has 1 amide bonds. The van der Waals surface area contributed by atoms with Crippen LogP contribution in [0.25, 0.3) is 21.7 Å². The van der Waals surface area contributed by atoms with Crippen molar-refractivity contribution in [3.8, 4) is 17.2 Å². The number of aliphatic hydroxyl groups is 1. The summed E-state index contributed by atoms with van der Waals surface area (Å²) in [6, 6.07) is 22.9. The molecule has 10 nitrogen and oxygen atoms in total. The fraction of sp³-hybridized carbons (Fsp3) is 0.118. The number of carbonyl (C=O) groups is 2. The zero-order valence-electron chi connectivity index (χ0n) is 24.8. The fourth-order valence-electron chi connectivity index (χ4n) is 5.61. The van der Waals surface area contributed by atoms with Gasteiger partial charge in [-0.15, -0.1) is 10.2 Å². The second-order valence-corrected chi connectivity index (χ2v) is 13.5. The molecule has 0 aliphatic carbocycles. The van der Waals surface area contributed by atoms with Crippen LogP contribution in [0.3, 0.4) is 0 Å². The number of anilines is 1. The summed E-state index contributed by atoms with van der Waals surface area (Å²) >= 11 is 5.96. The number of carbonyl (C=O) groups excluding carboxylic acids is 2. The zero-order chi connectivity index (χ0) is 32.8. The molecule has 0 saturated carbocycles. The van der Waals surface area contributed by atoms with Crippen molar-refractivity contribution in [2.24, 2.45) is 0 Å². The van der Waals surface area contributed by atoms with Crippen LogP contribution in [0.2, 0.25) is 0 Å². The van der Waals surface area contributed by atoms with E-state index in [0.29, 0.717) is 32.4 Å². The lowest BCUT2D eigenvalue weighted by molar-refractivity contribution is -0.117. The summed E-state index contributed by atoms with van der Waals surface area (Å²) in [5.41, 5.74) is 1.60. The number of halogens is 1. The summed E-state index contributed by atoms with van der Waals surface area (Å²) in [4.78, 5) is 29.2. The highest BCUT2D eigenvalue weighted by molar-refractivity contribution is 9.10. The van der Waals surface area contributed by atoms with Gasteiger partial charge in [0.2, 0.25) is 10.9 Å². The van der Waals surface area contributed by atoms with E-state index in [1.54, 1.807) is 24.3 Å². The first-order chi connectivity index (χ1) is 22.8. The zero-order valence-corrected chi connectivity index (χ0v) is 28.0. The average Bonchev–Trinajstić information content (AvgIpc) is 3.81. The standard InChI is InChI=1S/C34H24BrN3O7S2/c1-43-23-12-6-9-18-14-25(45-31(18)23)29(40)26-27(20-13-22(35)28(39)24(15-20)44-2)38(32(42)30(26)41)33-36-37-34(47-33)46-16-19-10-5-8-17-7-3-4-11-21(17)19/h3-15,27,39,41H,16H2,1-2H3. The van der Waals surface area contributed by atoms with E-state index < -0.39 is 23.5 Å². The van der Waals surface area contributed by atoms with Crippen LogP contribution in [0.4, 0.5) is 5.13 Å². The van der Waals surface area contributed by atoms with Gasteiger partial charge in [0.05, 0.1) is 30.3 Å². The number of phenolic OH excluding ortho intramolecular Hbond substituents is 1. The van der Waals surface area contributed by atoms with Gasteiger partial charge in [-0.25, -0.2) is 0 Å². The fourth-order valence-corrected chi connectivity index (χ4v) is 7.95. The number of nitrogens with zero attached hydrogens (tertiary/aromatic N) is 3. The highest BCUT2D eigenvalue weighted by atomic mass is 79.9. The number of aromatic nitrogens is 2. The molecule has 0 bridgehead atoms. The third-order valence-electron chi connectivity index (χ3n) is 7.82. The molecule has 236 valence electrons. The van der Waals surface area contributed by atoms with Crippen molar-refractivity contribution in [1.29, 1.82) is 0 Å². The summed E-state index contributed by atoms with van der Waals surface area (Å²) in [5.74, 6) is -1.43. The van der Waals surface area contributed by atoms with E-state index in [-0.39, 0.29) is 32.4 Å². The number of aromatic hydroxyl groups is 1. The van der Waals surface area contributed by atoms with Crippen molar-refractivity contribution in [1.82, 2.24) is 10.2 Å². The maximum absolute atomic E-state index is 14.2. The molecular weight excluding hydrogens is 706 g/mol. The number of hydrogen-bond acceptors (Lipinski definition) is 11. The Morgan fingerprint density at radius 1 is 0.979 bits per heavy atom. The minimum atomic E-state index is -1.17. The quantitative estimate of drug-likeness (QED) is 0.0856. The van der Waals surface area contributed by atoms with Crippen molar-refractivity contribution >= 4 is 77.6 Å². The number of amides is 1. The van der Waals surface area contributed by atoms with Crippen LogP contribution in [0.1, 0.15) is 27.7 Å². The third-order valence-corrected chi connectivity index (χ3v) is 10.5. The average molecular weight is 731 g/mol. The van der Waals surface area contributed by atoms with Crippen molar-refractivity contribution in [2.45, 2.75) is 16.1 Å². The third kappa shape index (κ3) is 5.39. The molecule has 6 aromatic rings. The molecule has 1 atom stereocenters. The van der Waals surface area contributed by atoms with E-state index in [9.17, 15) is 19.8 Å². The number of Topliss-reactive ketones (excluding diaryl/α,β-unsaturated/α-hetero) is 1. The van der Waals surface area contributed by atoms with Crippen LogP contribution in [-0.2, 0) is 10.5 Å². The first kappa shape index (κ1) is 30.8. The number of fused-ring (bicyclic) bond motifs is 2. The number of aliphatic hydroxyl groups excluding tert-OH is 1. The molecular formula is C34H24BrN3O7S2. The van der Waals surface area contributed by atoms with Gasteiger partial charge in [0.1, 0.15) is 0 Å².